The van der Waals surface area contributed by atoms with Crippen LogP contribution >= 0.6 is 15.9 Å². The summed E-state index contributed by atoms with van der Waals surface area (Å²) < 4.78 is 7.19. The number of hydrogen-bond acceptors (Lipinski definition) is 2. The first-order valence-electron chi connectivity index (χ1n) is 7.84. The van der Waals surface area contributed by atoms with E-state index in [9.17, 15) is 0 Å². The molecule has 0 aromatic heterocycles. The van der Waals surface area contributed by atoms with Gasteiger partial charge in [-0.15, -0.1) is 6.42 Å². The summed E-state index contributed by atoms with van der Waals surface area (Å²) in [7, 11) is 2.10. The first kappa shape index (κ1) is 14.8. The molecule has 2 aliphatic heterocycles. The first-order valence-corrected chi connectivity index (χ1v) is 8.63. The van der Waals surface area contributed by atoms with Gasteiger partial charge in [0.1, 0.15) is 6.23 Å². The van der Waals surface area contributed by atoms with Crippen molar-refractivity contribution >= 4 is 21.6 Å². The molecule has 1 fully saturated rings. The quantitative estimate of drug-likeness (QED) is 0.733. The highest BCUT2D eigenvalue weighted by Gasteiger charge is 2.58. The van der Waals surface area contributed by atoms with Gasteiger partial charge in [0.05, 0.1) is 17.9 Å². The Kier molecular flexibility index (Phi) is 3.48. The fourth-order valence-corrected chi connectivity index (χ4v) is 4.54. The lowest BCUT2D eigenvalue weighted by Crippen LogP contribution is -2.43. The minimum atomic E-state index is -0.173. The number of likely N-dealkylation sites (N-methyl/N-ethyl adjacent to an activating group) is 1. The molecule has 2 heterocycles. The second kappa shape index (κ2) is 5.40. The second-order valence-corrected chi connectivity index (χ2v) is 7.21. The third-order valence-electron chi connectivity index (χ3n) is 5.25. The largest absolute Gasteiger partial charge is 0.357 e. The number of anilines is 1. The van der Waals surface area contributed by atoms with Gasteiger partial charge in [-0.3, -0.25) is 0 Å². The van der Waals surface area contributed by atoms with Crippen molar-refractivity contribution in [2.24, 2.45) is 0 Å². The average Bonchev–Trinajstić information content (AvgIpc) is 3.10. The van der Waals surface area contributed by atoms with E-state index in [2.05, 4.69) is 82.3 Å². The van der Waals surface area contributed by atoms with Crippen molar-refractivity contribution in [3.05, 3.63) is 64.1 Å². The molecule has 0 spiro atoms. The van der Waals surface area contributed by atoms with Gasteiger partial charge in [0.25, 0.3) is 0 Å². The van der Waals surface area contributed by atoms with Crippen LogP contribution < -0.4 is 4.90 Å². The van der Waals surface area contributed by atoms with Crippen molar-refractivity contribution in [1.82, 2.24) is 0 Å². The monoisotopic (exact) mass is 367 g/mol. The number of nitrogens with zero attached hydrogens (tertiary/aromatic N) is 1. The van der Waals surface area contributed by atoms with Crippen molar-refractivity contribution in [2.45, 2.75) is 24.0 Å². The van der Waals surface area contributed by atoms with Crippen molar-refractivity contribution in [3.63, 3.8) is 0 Å². The maximum absolute atomic E-state index is 6.12. The molecule has 2 aromatic carbocycles. The van der Waals surface area contributed by atoms with Crippen LogP contribution in [0.2, 0.25) is 0 Å². The average molecular weight is 368 g/mol. The highest BCUT2D eigenvalue weighted by molar-refractivity contribution is 9.10. The van der Waals surface area contributed by atoms with E-state index in [1.54, 1.807) is 0 Å². The van der Waals surface area contributed by atoms with Crippen molar-refractivity contribution in [3.8, 4) is 12.3 Å². The number of hydrogen-bond donors (Lipinski definition) is 0. The van der Waals surface area contributed by atoms with Gasteiger partial charge in [-0.2, -0.15) is 0 Å². The van der Waals surface area contributed by atoms with Crippen LogP contribution in [0.5, 0.6) is 0 Å². The summed E-state index contributed by atoms with van der Waals surface area (Å²) in [6, 6.07) is 16.9. The molecule has 0 N–H and O–H groups in total. The Morgan fingerprint density at radius 1 is 1.26 bits per heavy atom. The third-order valence-corrected chi connectivity index (χ3v) is 5.78. The highest BCUT2D eigenvalue weighted by atomic mass is 79.9. The fraction of sp³-hybridized carbons (Fsp3) is 0.300. The van der Waals surface area contributed by atoms with Crippen LogP contribution in [0.4, 0.5) is 5.69 Å². The van der Waals surface area contributed by atoms with Crippen LogP contribution in [0.1, 0.15) is 23.5 Å². The van der Waals surface area contributed by atoms with Gasteiger partial charge in [0.2, 0.25) is 0 Å². The molecule has 2 nitrogen and oxygen atoms in total. The minimum absolute atomic E-state index is 0.00426. The zero-order valence-corrected chi connectivity index (χ0v) is 14.6. The lowest BCUT2D eigenvalue weighted by molar-refractivity contribution is 0.0844. The molecule has 2 aliphatic rings. The van der Waals surface area contributed by atoms with Crippen molar-refractivity contribution < 1.29 is 4.74 Å². The molecular weight excluding hydrogens is 350 g/mol. The van der Waals surface area contributed by atoms with Crippen LogP contribution in [0.25, 0.3) is 0 Å². The lowest BCUT2D eigenvalue weighted by Gasteiger charge is -2.35. The molecule has 0 amide bonds. The maximum atomic E-state index is 6.12. The molecule has 116 valence electrons. The van der Waals surface area contributed by atoms with E-state index >= 15 is 0 Å². The topological polar surface area (TPSA) is 12.5 Å². The van der Waals surface area contributed by atoms with Crippen LogP contribution in [-0.4, -0.2) is 19.9 Å². The van der Waals surface area contributed by atoms with Crippen LogP contribution in [0, 0.1) is 12.3 Å². The number of ether oxygens (including phenoxy) is 1. The number of terminal acetylenes is 1. The Morgan fingerprint density at radius 2 is 2.00 bits per heavy atom. The van der Waals surface area contributed by atoms with Gasteiger partial charge < -0.3 is 9.64 Å². The molecule has 1 saturated heterocycles. The van der Waals surface area contributed by atoms with Crippen LogP contribution in [-0.2, 0) is 10.2 Å². The maximum Gasteiger partial charge on any atom is 0.141 e. The predicted molar refractivity (Wildman–Crippen MR) is 96.6 cm³/mol. The Hall–Kier alpha value is -1.76. The van der Waals surface area contributed by atoms with Crippen LogP contribution in [0.15, 0.2) is 53.0 Å². The number of benzene rings is 2. The molecular formula is C20H18BrNO. The molecule has 4 rings (SSSR count). The summed E-state index contributed by atoms with van der Waals surface area (Å²) >= 11 is 3.51. The normalized spacial score (nSPS) is 26.5. The smallest absolute Gasteiger partial charge is 0.141 e. The summed E-state index contributed by atoms with van der Waals surface area (Å²) in [6.07, 6.45) is 6.99. The summed E-state index contributed by atoms with van der Waals surface area (Å²) in [4.78, 5) is 2.24. The van der Waals surface area contributed by atoms with Gasteiger partial charge >= 0.3 is 0 Å². The van der Waals surface area contributed by atoms with E-state index in [0.717, 1.165) is 17.5 Å². The standard InChI is InChI=1S/C20H18BrNO/c1-3-16(14-8-10-15(21)11-9-14)20-12-13-23-19(20)22(2)18-7-5-4-6-17(18)20/h1,4-11,16,19H,12-13H2,2H3. The van der Waals surface area contributed by atoms with Crippen molar-refractivity contribution in [2.75, 3.05) is 18.6 Å². The van der Waals surface area contributed by atoms with E-state index in [0.29, 0.717) is 0 Å². The second-order valence-electron chi connectivity index (χ2n) is 6.29. The van der Waals surface area contributed by atoms with Gasteiger partial charge in [0, 0.05) is 17.2 Å². The predicted octanol–water partition coefficient (Wildman–Crippen LogP) is 4.30. The molecule has 0 bridgehead atoms. The zero-order valence-electron chi connectivity index (χ0n) is 13.0. The minimum Gasteiger partial charge on any atom is -0.357 e. The summed E-state index contributed by atoms with van der Waals surface area (Å²) in [6.45, 7) is 0.748. The summed E-state index contributed by atoms with van der Waals surface area (Å²) in [5, 5.41) is 0. The van der Waals surface area contributed by atoms with Crippen LogP contribution in [0.3, 0.4) is 0 Å². The van der Waals surface area contributed by atoms with E-state index in [4.69, 9.17) is 11.2 Å². The van der Waals surface area contributed by atoms with Gasteiger partial charge in [-0.1, -0.05) is 52.2 Å². The van der Waals surface area contributed by atoms with E-state index in [-0.39, 0.29) is 17.6 Å². The lowest BCUT2D eigenvalue weighted by atomic mass is 9.67. The molecule has 0 aliphatic carbocycles. The molecule has 3 unspecified atom stereocenters. The Bertz CT molecular complexity index is 779. The van der Waals surface area contributed by atoms with Gasteiger partial charge in [-0.05, 0) is 35.7 Å². The van der Waals surface area contributed by atoms with E-state index in [1.807, 2.05) is 0 Å². The van der Waals surface area contributed by atoms with E-state index < -0.39 is 0 Å². The Labute approximate surface area is 145 Å². The summed E-state index contributed by atoms with van der Waals surface area (Å²) in [5.41, 5.74) is 3.55. The number of rotatable bonds is 2. The highest BCUT2D eigenvalue weighted by Crippen LogP contribution is 2.57. The van der Waals surface area contributed by atoms with Gasteiger partial charge in [0.15, 0.2) is 0 Å². The molecule has 2 aromatic rings. The molecule has 3 atom stereocenters. The van der Waals surface area contributed by atoms with E-state index in [1.165, 1.54) is 16.8 Å². The number of para-hydroxylation sites is 1. The Balaban J connectivity index is 1.91. The number of halogens is 1. The molecule has 0 saturated carbocycles. The Morgan fingerprint density at radius 3 is 2.74 bits per heavy atom. The SMILES string of the molecule is C#CC(c1ccc(Br)cc1)C12CCOC1N(C)c1ccccc12. The first-order chi connectivity index (χ1) is 11.2. The summed E-state index contributed by atoms with van der Waals surface area (Å²) in [5.74, 6) is 3.08. The molecule has 23 heavy (non-hydrogen) atoms. The molecule has 0 radical (unpaired) electrons. The van der Waals surface area contributed by atoms with Gasteiger partial charge in [-0.25, -0.2) is 0 Å². The fourth-order valence-electron chi connectivity index (χ4n) is 4.28. The zero-order chi connectivity index (χ0) is 16.0. The third kappa shape index (κ3) is 1.99. The molecule has 3 heteroatoms. The number of fused-ring (bicyclic) bond motifs is 3. The van der Waals surface area contributed by atoms with Crippen molar-refractivity contribution in [1.29, 1.82) is 0 Å².